The molecule has 128 valence electrons. The van der Waals surface area contributed by atoms with Gasteiger partial charge in [-0.05, 0) is 49.9 Å². The van der Waals surface area contributed by atoms with Crippen molar-refractivity contribution in [1.82, 2.24) is 4.98 Å². The number of nitrogens with zero attached hydrogens (tertiary/aromatic N) is 2. The van der Waals surface area contributed by atoms with Crippen LogP contribution in [0.4, 0.5) is 11.5 Å². The first-order chi connectivity index (χ1) is 11.6. The summed E-state index contributed by atoms with van der Waals surface area (Å²) < 4.78 is 27.2. The van der Waals surface area contributed by atoms with Crippen LogP contribution in [0.15, 0.2) is 53.6 Å². The molecule has 1 saturated heterocycles. The molecule has 1 aliphatic rings. The Kier molecular flexibility index (Phi) is 5.04. The van der Waals surface area contributed by atoms with Crippen molar-refractivity contribution < 1.29 is 8.42 Å². The maximum atomic E-state index is 12.3. The molecule has 1 aromatic carbocycles. The molecule has 0 saturated carbocycles. The van der Waals surface area contributed by atoms with Crippen LogP contribution in [-0.2, 0) is 10.0 Å². The van der Waals surface area contributed by atoms with Gasteiger partial charge < -0.3 is 4.90 Å². The van der Waals surface area contributed by atoms with Crippen LogP contribution in [-0.4, -0.2) is 26.0 Å². The van der Waals surface area contributed by atoms with Crippen molar-refractivity contribution in [2.24, 2.45) is 0 Å². The Labute approximate surface area is 143 Å². The van der Waals surface area contributed by atoms with Gasteiger partial charge in [0, 0.05) is 12.6 Å². The number of aromatic nitrogens is 1. The summed E-state index contributed by atoms with van der Waals surface area (Å²) in [4.78, 5) is 6.92. The van der Waals surface area contributed by atoms with Crippen molar-refractivity contribution in [2.45, 2.75) is 43.5 Å². The lowest BCUT2D eigenvalue weighted by Crippen LogP contribution is -2.39. The number of anilines is 2. The van der Waals surface area contributed by atoms with Gasteiger partial charge in [-0.3, -0.25) is 4.72 Å². The van der Waals surface area contributed by atoms with Crippen LogP contribution in [0.2, 0.25) is 0 Å². The first-order valence-corrected chi connectivity index (χ1v) is 9.89. The fourth-order valence-electron chi connectivity index (χ4n) is 3.18. The lowest BCUT2D eigenvalue weighted by atomic mass is 9.99. The van der Waals surface area contributed by atoms with Gasteiger partial charge in [0.1, 0.15) is 5.82 Å². The number of benzene rings is 1. The largest absolute Gasteiger partial charge is 0.367 e. The van der Waals surface area contributed by atoms with Gasteiger partial charge in [-0.25, -0.2) is 13.4 Å². The van der Waals surface area contributed by atoms with Crippen LogP contribution in [0.3, 0.4) is 0 Å². The number of rotatable bonds is 5. The average Bonchev–Trinajstić information content (AvgIpc) is 2.63. The van der Waals surface area contributed by atoms with Crippen molar-refractivity contribution in [3.63, 3.8) is 0 Å². The second-order valence-corrected chi connectivity index (χ2v) is 7.75. The highest BCUT2D eigenvalue weighted by Crippen LogP contribution is 2.26. The quantitative estimate of drug-likeness (QED) is 0.898. The van der Waals surface area contributed by atoms with E-state index in [0.29, 0.717) is 11.9 Å². The van der Waals surface area contributed by atoms with Crippen LogP contribution in [0.25, 0.3) is 0 Å². The van der Waals surface area contributed by atoms with Crippen molar-refractivity contribution in [3.05, 3.63) is 48.7 Å². The van der Waals surface area contributed by atoms with Gasteiger partial charge in [-0.15, -0.1) is 0 Å². The molecule has 0 spiro atoms. The summed E-state index contributed by atoms with van der Waals surface area (Å²) in [5, 5.41) is 0. The highest BCUT2D eigenvalue weighted by Gasteiger charge is 2.21. The molecule has 6 heteroatoms. The molecule has 0 aliphatic carbocycles. The van der Waals surface area contributed by atoms with E-state index in [9.17, 15) is 8.42 Å². The zero-order valence-corrected chi connectivity index (χ0v) is 14.7. The summed E-state index contributed by atoms with van der Waals surface area (Å²) in [6.07, 6.45) is 6.55. The van der Waals surface area contributed by atoms with Gasteiger partial charge in [-0.2, -0.15) is 0 Å². The molecule has 1 atom stereocenters. The van der Waals surface area contributed by atoms with Crippen LogP contribution < -0.4 is 9.62 Å². The number of pyridine rings is 1. The van der Waals surface area contributed by atoms with Crippen LogP contribution in [0.5, 0.6) is 0 Å². The van der Waals surface area contributed by atoms with Crippen LogP contribution in [0.1, 0.15) is 32.6 Å². The van der Waals surface area contributed by atoms with E-state index in [4.69, 9.17) is 0 Å². The van der Waals surface area contributed by atoms with E-state index in [2.05, 4.69) is 21.5 Å². The highest BCUT2D eigenvalue weighted by molar-refractivity contribution is 7.92. The lowest BCUT2D eigenvalue weighted by molar-refractivity contribution is 0.449. The lowest BCUT2D eigenvalue weighted by Gasteiger charge is -2.37. The fourth-order valence-corrected chi connectivity index (χ4v) is 4.21. The molecular formula is C18H23N3O2S. The first kappa shape index (κ1) is 16.8. The monoisotopic (exact) mass is 345 g/mol. The van der Waals surface area contributed by atoms with Gasteiger partial charge in [-0.1, -0.05) is 25.1 Å². The third-order valence-corrected chi connectivity index (χ3v) is 5.84. The second kappa shape index (κ2) is 7.21. The molecule has 2 aromatic rings. The Morgan fingerprint density at radius 3 is 2.62 bits per heavy atom. The molecule has 1 unspecified atom stereocenters. The molecular weight excluding hydrogens is 322 g/mol. The molecule has 1 fully saturated rings. The molecule has 3 rings (SSSR count). The van der Waals surface area contributed by atoms with Crippen molar-refractivity contribution in [2.75, 3.05) is 16.2 Å². The summed E-state index contributed by atoms with van der Waals surface area (Å²) in [7, 11) is -3.59. The molecule has 2 heterocycles. The smallest absolute Gasteiger partial charge is 0.263 e. The minimum atomic E-state index is -3.59. The van der Waals surface area contributed by atoms with Crippen molar-refractivity contribution in [3.8, 4) is 0 Å². The van der Waals surface area contributed by atoms with Crippen molar-refractivity contribution in [1.29, 1.82) is 0 Å². The summed E-state index contributed by atoms with van der Waals surface area (Å²) in [6.45, 7) is 3.24. The fraction of sp³-hybridized carbons (Fsp3) is 0.389. The number of nitrogens with one attached hydrogen (secondary N) is 1. The van der Waals surface area contributed by atoms with E-state index in [1.54, 1.807) is 42.6 Å². The molecule has 0 radical (unpaired) electrons. The Morgan fingerprint density at radius 2 is 1.96 bits per heavy atom. The Balaban J connectivity index is 1.75. The maximum absolute atomic E-state index is 12.3. The predicted octanol–water partition coefficient (Wildman–Crippen LogP) is 3.65. The van der Waals surface area contributed by atoms with E-state index >= 15 is 0 Å². The van der Waals surface area contributed by atoms with Gasteiger partial charge in [0.2, 0.25) is 0 Å². The first-order valence-electron chi connectivity index (χ1n) is 8.41. The molecule has 24 heavy (non-hydrogen) atoms. The molecule has 1 aliphatic heterocycles. The Morgan fingerprint density at radius 1 is 1.17 bits per heavy atom. The molecule has 1 N–H and O–H groups in total. The summed E-state index contributed by atoms with van der Waals surface area (Å²) in [5.74, 6) is 0.340. The van der Waals surface area contributed by atoms with Crippen LogP contribution >= 0.6 is 0 Å². The number of piperidine rings is 1. The molecule has 5 nitrogen and oxygen atoms in total. The van der Waals surface area contributed by atoms with E-state index in [-0.39, 0.29) is 4.90 Å². The zero-order chi connectivity index (χ0) is 17.0. The van der Waals surface area contributed by atoms with Gasteiger partial charge >= 0.3 is 0 Å². The molecule has 0 bridgehead atoms. The van der Waals surface area contributed by atoms with Crippen LogP contribution in [0, 0.1) is 0 Å². The highest BCUT2D eigenvalue weighted by atomic mass is 32.2. The minimum Gasteiger partial charge on any atom is -0.367 e. The third-order valence-electron chi connectivity index (χ3n) is 4.47. The Hall–Kier alpha value is -2.08. The summed E-state index contributed by atoms with van der Waals surface area (Å²) >= 11 is 0. The molecule has 1 aromatic heterocycles. The average molecular weight is 345 g/mol. The maximum Gasteiger partial charge on any atom is 0.263 e. The normalized spacial score (nSPS) is 18.4. The molecule has 0 amide bonds. The van der Waals surface area contributed by atoms with E-state index in [1.165, 1.54) is 19.3 Å². The number of hydrogen-bond acceptors (Lipinski definition) is 4. The number of hydrogen-bond donors (Lipinski definition) is 1. The summed E-state index contributed by atoms with van der Waals surface area (Å²) in [5.41, 5.74) is 1.06. The number of sulfonamides is 1. The van der Waals surface area contributed by atoms with Gasteiger partial charge in [0.25, 0.3) is 10.0 Å². The topological polar surface area (TPSA) is 62.3 Å². The zero-order valence-electron chi connectivity index (χ0n) is 13.9. The van der Waals surface area contributed by atoms with E-state index in [0.717, 1.165) is 18.7 Å². The third kappa shape index (κ3) is 3.70. The SMILES string of the molecule is CCC1CCCCN1c1ccc(NS(=O)(=O)c2ccccc2)nc1. The van der Waals surface area contributed by atoms with Gasteiger partial charge in [0.05, 0.1) is 16.8 Å². The van der Waals surface area contributed by atoms with E-state index in [1.807, 2.05) is 6.07 Å². The predicted molar refractivity (Wildman–Crippen MR) is 96.8 cm³/mol. The second-order valence-electron chi connectivity index (χ2n) is 6.07. The van der Waals surface area contributed by atoms with E-state index < -0.39 is 10.0 Å². The standard InChI is InChI=1S/C18H23N3O2S/c1-2-15-8-6-7-13-21(15)16-11-12-18(19-14-16)20-24(22,23)17-9-4-3-5-10-17/h3-5,9-12,14-15H,2,6-8,13H2,1H3,(H,19,20). The van der Waals surface area contributed by atoms with Crippen molar-refractivity contribution >= 4 is 21.5 Å². The van der Waals surface area contributed by atoms with Gasteiger partial charge in [0.15, 0.2) is 0 Å². The summed E-state index contributed by atoms with van der Waals surface area (Å²) in [6, 6.07) is 12.5. The minimum absolute atomic E-state index is 0.234. The Bertz CT molecular complexity index is 761.